The highest BCUT2D eigenvalue weighted by molar-refractivity contribution is 7.19. The molecule has 0 atom stereocenters. The average Bonchev–Trinajstić information content (AvgIpc) is 2.76. The van der Waals surface area contributed by atoms with Crippen LogP contribution in [-0.4, -0.2) is 17.6 Å². The maximum absolute atomic E-state index is 12.0. The number of pyridine rings is 1. The topological polar surface area (TPSA) is 65.2 Å². The summed E-state index contributed by atoms with van der Waals surface area (Å²) in [6.45, 7) is 4.15. The molecular formula is C14H16N2O2S. The number of anilines is 1. The first-order chi connectivity index (χ1) is 9.19. The zero-order valence-electron chi connectivity index (χ0n) is 11.0. The van der Waals surface area contributed by atoms with Crippen LogP contribution in [-0.2, 0) is 11.2 Å². The fourth-order valence-corrected chi connectivity index (χ4v) is 3.14. The van der Waals surface area contributed by atoms with Crippen molar-refractivity contribution in [1.29, 1.82) is 0 Å². The van der Waals surface area contributed by atoms with E-state index in [1.165, 1.54) is 11.3 Å². The Morgan fingerprint density at radius 1 is 1.37 bits per heavy atom. The van der Waals surface area contributed by atoms with E-state index >= 15 is 0 Å². The molecule has 2 aromatic heterocycles. The number of nitrogens with two attached hydrogens (primary N) is 1. The Labute approximate surface area is 116 Å². The summed E-state index contributed by atoms with van der Waals surface area (Å²) >= 11 is 1.42. The molecule has 5 heteroatoms. The minimum absolute atomic E-state index is 0.339. The van der Waals surface area contributed by atoms with Crippen LogP contribution < -0.4 is 5.73 Å². The SMILES string of the molecule is CCOC(=O)c1c(N)sc(-c2ccncc2)c1CC. The predicted octanol–water partition coefficient (Wildman–Crippen LogP) is 3.13. The smallest absolute Gasteiger partial charge is 0.341 e. The van der Waals surface area contributed by atoms with Crippen LogP contribution in [0.2, 0.25) is 0 Å². The summed E-state index contributed by atoms with van der Waals surface area (Å²) in [6.07, 6.45) is 4.20. The second-order valence-corrected chi connectivity index (χ2v) is 5.01. The zero-order chi connectivity index (χ0) is 13.8. The number of esters is 1. The number of carbonyl (C=O) groups is 1. The van der Waals surface area contributed by atoms with Gasteiger partial charge in [-0.2, -0.15) is 0 Å². The van der Waals surface area contributed by atoms with Crippen molar-refractivity contribution in [3.05, 3.63) is 35.7 Å². The molecule has 0 saturated heterocycles. The highest BCUT2D eigenvalue weighted by Crippen LogP contribution is 2.39. The highest BCUT2D eigenvalue weighted by atomic mass is 32.1. The van der Waals surface area contributed by atoms with Crippen molar-refractivity contribution in [3.63, 3.8) is 0 Å². The second-order valence-electron chi connectivity index (χ2n) is 3.96. The maximum Gasteiger partial charge on any atom is 0.341 e. The van der Waals surface area contributed by atoms with E-state index in [1.807, 2.05) is 19.1 Å². The molecule has 2 rings (SSSR count). The third-order valence-corrected chi connectivity index (χ3v) is 3.92. The third-order valence-electron chi connectivity index (χ3n) is 2.81. The van der Waals surface area contributed by atoms with Gasteiger partial charge in [0.2, 0.25) is 0 Å². The molecule has 0 amide bonds. The number of carbonyl (C=O) groups excluding carboxylic acids is 1. The van der Waals surface area contributed by atoms with Gasteiger partial charge in [-0.3, -0.25) is 4.98 Å². The number of hydrogen-bond donors (Lipinski definition) is 1. The number of hydrogen-bond acceptors (Lipinski definition) is 5. The summed E-state index contributed by atoms with van der Waals surface area (Å²) in [5.41, 5.74) is 8.48. The molecular weight excluding hydrogens is 260 g/mol. The van der Waals surface area contributed by atoms with Crippen molar-refractivity contribution in [1.82, 2.24) is 4.98 Å². The molecule has 2 N–H and O–H groups in total. The molecule has 100 valence electrons. The van der Waals surface area contributed by atoms with Gasteiger partial charge in [-0.05, 0) is 36.6 Å². The van der Waals surface area contributed by atoms with Gasteiger partial charge < -0.3 is 10.5 Å². The number of aromatic nitrogens is 1. The fourth-order valence-electron chi connectivity index (χ4n) is 1.99. The molecule has 0 spiro atoms. The van der Waals surface area contributed by atoms with Crippen molar-refractivity contribution in [3.8, 4) is 10.4 Å². The van der Waals surface area contributed by atoms with Crippen LogP contribution in [0.3, 0.4) is 0 Å². The average molecular weight is 276 g/mol. The Bertz CT molecular complexity index is 579. The molecule has 0 aliphatic heterocycles. The van der Waals surface area contributed by atoms with Gasteiger partial charge >= 0.3 is 5.97 Å². The number of nitrogen functional groups attached to an aromatic ring is 1. The molecule has 0 aliphatic carbocycles. The Morgan fingerprint density at radius 2 is 2.05 bits per heavy atom. The Hall–Kier alpha value is -1.88. The molecule has 2 aromatic rings. The van der Waals surface area contributed by atoms with E-state index in [9.17, 15) is 4.79 Å². The molecule has 0 fully saturated rings. The van der Waals surface area contributed by atoms with E-state index in [0.717, 1.165) is 22.4 Å². The number of rotatable bonds is 4. The second kappa shape index (κ2) is 5.84. The van der Waals surface area contributed by atoms with Crippen molar-refractivity contribution < 1.29 is 9.53 Å². The Kier molecular flexibility index (Phi) is 4.16. The van der Waals surface area contributed by atoms with E-state index in [0.29, 0.717) is 17.2 Å². The molecule has 0 aromatic carbocycles. The summed E-state index contributed by atoms with van der Waals surface area (Å²) in [4.78, 5) is 17.0. The van der Waals surface area contributed by atoms with E-state index < -0.39 is 0 Å². The normalized spacial score (nSPS) is 10.4. The van der Waals surface area contributed by atoms with Gasteiger partial charge in [0.05, 0.1) is 12.2 Å². The highest BCUT2D eigenvalue weighted by Gasteiger charge is 2.22. The molecule has 0 saturated carbocycles. The Morgan fingerprint density at radius 3 is 2.63 bits per heavy atom. The van der Waals surface area contributed by atoms with E-state index in [1.54, 1.807) is 19.3 Å². The van der Waals surface area contributed by atoms with Gasteiger partial charge in [-0.15, -0.1) is 11.3 Å². The van der Waals surface area contributed by atoms with Crippen molar-refractivity contribution in [2.24, 2.45) is 0 Å². The summed E-state index contributed by atoms with van der Waals surface area (Å²) in [5.74, 6) is -0.339. The number of nitrogens with zero attached hydrogens (tertiary/aromatic N) is 1. The van der Waals surface area contributed by atoms with Gasteiger partial charge in [-0.1, -0.05) is 6.92 Å². The lowest BCUT2D eigenvalue weighted by atomic mass is 10.0. The largest absolute Gasteiger partial charge is 0.462 e. The summed E-state index contributed by atoms with van der Waals surface area (Å²) < 4.78 is 5.08. The summed E-state index contributed by atoms with van der Waals surface area (Å²) in [5, 5.41) is 0.516. The van der Waals surface area contributed by atoms with Crippen LogP contribution in [0.1, 0.15) is 29.8 Å². The summed E-state index contributed by atoms with van der Waals surface area (Å²) in [6, 6.07) is 3.83. The molecule has 19 heavy (non-hydrogen) atoms. The zero-order valence-corrected chi connectivity index (χ0v) is 11.8. The first-order valence-electron chi connectivity index (χ1n) is 6.17. The lowest BCUT2D eigenvalue weighted by Gasteiger charge is -2.05. The Balaban J connectivity index is 2.53. The maximum atomic E-state index is 12.0. The van der Waals surface area contributed by atoms with Gasteiger partial charge in [0, 0.05) is 17.3 Å². The molecule has 0 bridgehead atoms. The van der Waals surface area contributed by atoms with Crippen molar-refractivity contribution in [2.45, 2.75) is 20.3 Å². The third kappa shape index (κ3) is 2.61. The van der Waals surface area contributed by atoms with Crippen LogP contribution in [0.5, 0.6) is 0 Å². The van der Waals surface area contributed by atoms with E-state index in [-0.39, 0.29) is 5.97 Å². The first-order valence-corrected chi connectivity index (χ1v) is 6.99. The number of ether oxygens (including phenoxy) is 1. The minimum Gasteiger partial charge on any atom is -0.462 e. The van der Waals surface area contributed by atoms with Crippen LogP contribution in [0.4, 0.5) is 5.00 Å². The molecule has 2 heterocycles. The van der Waals surface area contributed by atoms with Crippen LogP contribution >= 0.6 is 11.3 Å². The van der Waals surface area contributed by atoms with E-state index in [2.05, 4.69) is 4.98 Å². The van der Waals surface area contributed by atoms with Crippen LogP contribution in [0, 0.1) is 0 Å². The molecule has 0 unspecified atom stereocenters. The quantitative estimate of drug-likeness (QED) is 0.871. The van der Waals surface area contributed by atoms with Crippen LogP contribution in [0.25, 0.3) is 10.4 Å². The standard InChI is InChI=1S/C14H16N2O2S/c1-3-10-11(14(17)18-4-2)13(15)19-12(10)9-5-7-16-8-6-9/h5-8H,3-4,15H2,1-2H3. The predicted molar refractivity (Wildman–Crippen MR) is 77.3 cm³/mol. The van der Waals surface area contributed by atoms with Gasteiger partial charge in [-0.25, -0.2) is 4.79 Å². The lowest BCUT2D eigenvalue weighted by molar-refractivity contribution is 0.0527. The first kappa shape index (κ1) is 13.5. The fraction of sp³-hybridized carbons (Fsp3) is 0.286. The molecule has 0 aliphatic rings. The summed E-state index contributed by atoms with van der Waals surface area (Å²) in [7, 11) is 0. The molecule has 4 nitrogen and oxygen atoms in total. The van der Waals surface area contributed by atoms with Gasteiger partial charge in [0.25, 0.3) is 0 Å². The van der Waals surface area contributed by atoms with Crippen molar-refractivity contribution >= 4 is 22.3 Å². The van der Waals surface area contributed by atoms with Gasteiger partial charge in [0.1, 0.15) is 5.00 Å². The van der Waals surface area contributed by atoms with Gasteiger partial charge in [0.15, 0.2) is 0 Å². The lowest BCUT2D eigenvalue weighted by Crippen LogP contribution is -2.08. The monoisotopic (exact) mass is 276 g/mol. The molecule has 0 radical (unpaired) electrons. The number of thiophene rings is 1. The minimum atomic E-state index is -0.339. The van der Waals surface area contributed by atoms with Crippen molar-refractivity contribution in [2.75, 3.05) is 12.3 Å². The van der Waals surface area contributed by atoms with E-state index in [4.69, 9.17) is 10.5 Å². The van der Waals surface area contributed by atoms with Crippen LogP contribution in [0.15, 0.2) is 24.5 Å².